The fraction of sp³-hybridized carbons (Fsp3) is 0.286. The van der Waals surface area contributed by atoms with Crippen LogP contribution in [0, 0.1) is 0 Å². The van der Waals surface area contributed by atoms with Crippen molar-refractivity contribution in [2.75, 3.05) is 6.61 Å². The lowest BCUT2D eigenvalue weighted by molar-refractivity contribution is -0.142. The van der Waals surface area contributed by atoms with Gasteiger partial charge in [0.1, 0.15) is 6.04 Å². The van der Waals surface area contributed by atoms with E-state index in [0.717, 1.165) is 16.5 Å². The topological polar surface area (TPSA) is 102 Å². The second-order valence-electron chi connectivity index (χ2n) is 4.50. The number of nitrogens with one attached hydrogen (secondary N) is 2. The summed E-state index contributed by atoms with van der Waals surface area (Å²) < 4.78 is 0. The first-order valence-corrected chi connectivity index (χ1v) is 6.30. The third-order valence-corrected chi connectivity index (χ3v) is 3.11. The number of rotatable bonds is 6. The second kappa shape index (κ2) is 6.21. The van der Waals surface area contributed by atoms with E-state index in [1.165, 1.54) is 0 Å². The average Bonchev–Trinajstić information content (AvgIpc) is 2.85. The van der Waals surface area contributed by atoms with Crippen LogP contribution in [0.3, 0.4) is 0 Å². The zero-order chi connectivity index (χ0) is 14.5. The highest BCUT2D eigenvalue weighted by atomic mass is 16.4. The molecular weight excluding hydrogens is 260 g/mol. The van der Waals surface area contributed by atoms with E-state index in [1.54, 1.807) is 0 Å². The molecule has 0 saturated carbocycles. The normalized spacial score (nSPS) is 12.2. The number of fused-ring (bicyclic) bond motifs is 1. The minimum Gasteiger partial charge on any atom is -0.480 e. The predicted octanol–water partition coefficient (Wildman–Crippen LogP) is 0.662. The molecular formula is C14H16N2O4. The maximum absolute atomic E-state index is 11.7. The Morgan fingerprint density at radius 1 is 1.30 bits per heavy atom. The third-order valence-electron chi connectivity index (χ3n) is 3.11. The zero-order valence-corrected chi connectivity index (χ0v) is 10.8. The molecule has 1 amide bonds. The number of aliphatic hydroxyl groups is 1. The van der Waals surface area contributed by atoms with Crippen LogP contribution in [0.4, 0.5) is 0 Å². The van der Waals surface area contributed by atoms with Crippen molar-refractivity contribution < 1.29 is 19.8 Å². The molecule has 6 heteroatoms. The number of carboxylic acid groups (broad SMARTS) is 1. The van der Waals surface area contributed by atoms with E-state index in [2.05, 4.69) is 10.3 Å². The van der Waals surface area contributed by atoms with Crippen LogP contribution < -0.4 is 5.32 Å². The van der Waals surface area contributed by atoms with E-state index >= 15 is 0 Å². The number of aromatic amines is 1. The van der Waals surface area contributed by atoms with Crippen LogP contribution in [0.2, 0.25) is 0 Å². The number of benzene rings is 1. The Labute approximate surface area is 115 Å². The molecule has 0 saturated heterocycles. The zero-order valence-electron chi connectivity index (χ0n) is 10.8. The van der Waals surface area contributed by atoms with Crippen LogP contribution in [0.5, 0.6) is 0 Å². The van der Waals surface area contributed by atoms with Crippen LogP contribution in [-0.2, 0) is 16.0 Å². The Morgan fingerprint density at radius 3 is 2.75 bits per heavy atom. The SMILES string of the molecule is O=C(CCc1c[nH]c2ccccc12)N[C@H](CO)C(=O)O. The molecule has 2 rings (SSSR count). The van der Waals surface area contributed by atoms with Gasteiger partial charge in [-0.3, -0.25) is 4.79 Å². The first-order valence-electron chi connectivity index (χ1n) is 6.30. The highest BCUT2D eigenvalue weighted by Crippen LogP contribution is 2.18. The molecule has 1 atom stereocenters. The quantitative estimate of drug-likeness (QED) is 0.622. The van der Waals surface area contributed by atoms with Gasteiger partial charge in [-0.05, 0) is 18.1 Å². The van der Waals surface area contributed by atoms with Crippen LogP contribution in [0.15, 0.2) is 30.5 Å². The average molecular weight is 276 g/mol. The van der Waals surface area contributed by atoms with Gasteiger partial charge >= 0.3 is 5.97 Å². The summed E-state index contributed by atoms with van der Waals surface area (Å²) in [5.74, 6) is -1.63. The van der Waals surface area contributed by atoms with Gasteiger partial charge in [-0.2, -0.15) is 0 Å². The summed E-state index contributed by atoms with van der Waals surface area (Å²) in [5.41, 5.74) is 2.01. The van der Waals surface area contributed by atoms with Gasteiger partial charge in [-0.25, -0.2) is 4.79 Å². The molecule has 20 heavy (non-hydrogen) atoms. The maximum Gasteiger partial charge on any atom is 0.328 e. The molecule has 1 aromatic heterocycles. The number of carboxylic acids is 1. The molecule has 4 N–H and O–H groups in total. The molecule has 0 aliphatic rings. The van der Waals surface area contributed by atoms with Crippen molar-refractivity contribution in [3.63, 3.8) is 0 Å². The Kier molecular flexibility index (Phi) is 4.37. The number of aryl methyl sites for hydroxylation is 1. The molecule has 0 unspecified atom stereocenters. The summed E-state index contributed by atoms with van der Waals surface area (Å²) >= 11 is 0. The molecule has 1 heterocycles. The smallest absolute Gasteiger partial charge is 0.328 e. The monoisotopic (exact) mass is 276 g/mol. The lowest BCUT2D eigenvalue weighted by Gasteiger charge is -2.11. The Morgan fingerprint density at radius 2 is 2.05 bits per heavy atom. The van der Waals surface area contributed by atoms with Crippen LogP contribution in [0.25, 0.3) is 10.9 Å². The van der Waals surface area contributed by atoms with E-state index in [1.807, 2.05) is 30.5 Å². The summed E-state index contributed by atoms with van der Waals surface area (Å²) in [7, 11) is 0. The first kappa shape index (κ1) is 14.1. The number of aliphatic hydroxyl groups excluding tert-OH is 1. The number of amides is 1. The fourth-order valence-corrected chi connectivity index (χ4v) is 2.04. The molecule has 0 bridgehead atoms. The van der Waals surface area contributed by atoms with Crippen molar-refractivity contribution in [1.29, 1.82) is 0 Å². The predicted molar refractivity (Wildman–Crippen MR) is 73.3 cm³/mol. The standard InChI is InChI=1S/C14H16N2O4/c17-8-12(14(19)20)16-13(18)6-5-9-7-15-11-4-2-1-3-10(9)11/h1-4,7,12,15,17H,5-6,8H2,(H,16,18)(H,19,20)/t12-/m1/s1. The van der Waals surface area contributed by atoms with Crippen molar-refractivity contribution in [2.45, 2.75) is 18.9 Å². The Balaban J connectivity index is 1.95. The van der Waals surface area contributed by atoms with Crippen LogP contribution >= 0.6 is 0 Å². The fourth-order valence-electron chi connectivity index (χ4n) is 2.04. The number of hydrogen-bond acceptors (Lipinski definition) is 3. The Hall–Kier alpha value is -2.34. The van der Waals surface area contributed by atoms with Crippen molar-refractivity contribution in [1.82, 2.24) is 10.3 Å². The van der Waals surface area contributed by atoms with Gasteiger partial charge in [-0.15, -0.1) is 0 Å². The van der Waals surface area contributed by atoms with Gasteiger partial charge in [-0.1, -0.05) is 18.2 Å². The molecule has 2 aromatic rings. The minimum absolute atomic E-state index is 0.172. The summed E-state index contributed by atoms with van der Waals surface area (Å²) in [6, 6.07) is 6.52. The minimum atomic E-state index is -1.24. The molecule has 1 aromatic carbocycles. The number of aromatic nitrogens is 1. The van der Waals surface area contributed by atoms with E-state index < -0.39 is 24.5 Å². The Bertz CT molecular complexity index is 620. The van der Waals surface area contributed by atoms with E-state index in [4.69, 9.17) is 10.2 Å². The van der Waals surface area contributed by atoms with E-state index in [-0.39, 0.29) is 6.42 Å². The van der Waals surface area contributed by atoms with Gasteiger partial charge in [0.2, 0.25) is 5.91 Å². The summed E-state index contributed by atoms with van der Waals surface area (Å²) in [5, 5.41) is 20.9. The molecule has 0 fully saturated rings. The first-order chi connectivity index (χ1) is 9.61. The van der Waals surface area contributed by atoms with E-state index in [9.17, 15) is 9.59 Å². The largest absolute Gasteiger partial charge is 0.480 e. The molecule has 0 aliphatic heterocycles. The second-order valence-corrected chi connectivity index (χ2v) is 4.50. The van der Waals surface area contributed by atoms with E-state index in [0.29, 0.717) is 6.42 Å². The lowest BCUT2D eigenvalue weighted by Crippen LogP contribution is -2.43. The molecule has 6 nitrogen and oxygen atoms in total. The van der Waals surface area contributed by atoms with Crippen LogP contribution in [0.1, 0.15) is 12.0 Å². The van der Waals surface area contributed by atoms with Crippen molar-refractivity contribution in [3.8, 4) is 0 Å². The van der Waals surface area contributed by atoms with Crippen molar-refractivity contribution >= 4 is 22.8 Å². The number of carbonyl (C=O) groups excluding carboxylic acids is 1. The molecule has 0 aliphatic carbocycles. The van der Waals surface area contributed by atoms with Crippen molar-refractivity contribution in [3.05, 3.63) is 36.0 Å². The lowest BCUT2D eigenvalue weighted by atomic mass is 10.1. The highest BCUT2D eigenvalue weighted by Gasteiger charge is 2.18. The number of carbonyl (C=O) groups is 2. The third kappa shape index (κ3) is 3.16. The number of hydrogen-bond donors (Lipinski definition) is 4. The number of aliphatic carboxylic acids is 1. The highest BCUT2D eigenvalue weighted by molar-refractivity contribution is 5.86. The molecule has 106 valence electrons. The van der Waals surface area contributed by atoms with Gasteiger partial charge in [0, 0.05) is 23.5 Å². The van der Waals surface area contributed by atoms with Crippen LogP contribution in [-0.4, -0.2) is 39.7 Å². The van der Waals surface area contributed by atoms with Gasteiger partial charge in [0.05, 0.1) is 6.61 Å². The molecule has 0 spiro atoms. The number of H-pyrrole nitrogens is 1. The van der Waals surface area contributed by atoms with Crippen molar-refractivity contribution in [2.24, 2.45) is 0 Å². The number of para-hydroxylation sites is 1. The van der Waals surface area contributed by atoms with Gasteiger partial charge in [0.15, 0.2) is 0 Å². The van der Waals surface area contributed by atoms with Gasteiger partial charge in [0.25, 0.3) is 0 Å². The molecule has 0 radical (unpaired) electrons. The van der Waals surface area contributed by atoms with Gasteiger partial charge < -0.3 is 20.5 Å². The summed E-state index contributed by atoms with van der Waals surface area (Å²) in [6.07, 6.45) is 2.53. The summed E-state index contributed by atoms with van der Waals surface area (Å²) in [4.78, 5) is 25.5. The maximum atomic E-state index is 11.7. The summed E-state index contributed by atoms with van der Waals surface area (Å²) in [6.45, 7) is -0.617.